The highest BCUT2D eigenvalue weighted by atomic mass is 16.5. The highest BCUT2D eigenvalue weighted by Crippen LogP contribution is 2.38. The molecule has 8 nitrogen and oxygen atoms in total. The minimum Gasteiger partial charge on any atom is -0.453 e. The highest BCUT2D eigenvalue weighted by Gasteiger charge is 2.39. The Morgan fingerprint density at radius 3 is 2.55 bits per heavy atom. The molecule has 0 radical (unpaired) electrons. The van der Waals surface area contributed by atoms with Crippen molar-refractivity contribution >= 4 is 6.09 Å². The van der Waals surface area contributed by atoms with Gasteiger partial charge in [-0.3, -0.25) is 0 Å². The molecule has 3 atom stereocenters. The fraction of sp³-hybridized carbons (Fsp3) is 0.667. The van der Waals surface area contributed by atoms with Gasteiger partial charge in [-0.15, -0.1) is 0 Å². The number of rotatable bonds is 8. The molecule has 1 unspecified atom stereocenters. The Morgan fingerprint density at radius 1 is 1.03 bits per heavy atom. The van der Waals surface area contributed by atoms with E-state index in [1.54, 1.807) is 7.11 Å². The molecule has 1 aliphatic carbocycles. The molecule has 8 heteroatoms. The fourth-order valence-electron chi connectivity index (χ4n) is 6.55. The number of carbonyl (C=O) groups is 1. The van der Waals surface area contributed by atoms with Gasteiger partial charge in [0.2, 0.25) is 0 Å². The molecule has 2 aliphatic heterocycles. The number of piperidine rings is 1. The molecule has 1 saturated carbocycles. The summed E-state index contributed by atoms with van der Waals surface area (Å²) in [5, 5.41) is 5.06. The molecule has 1 amide bonds. The number of ether oxygens (including phenoxy) is 4. The third-order valence-corrected chi connectivity index (χ3v) is 8.58. The van der Waals surface area contributed by atoms with E-state index in [1.165, 1.54) is 12.7 Å². The average molecular weight is 526 g/mol. The molecule has 0 bridgehead atoms. The van der Waals surface area contributed by atoms with Crippen LogP contribution in [0.2, 0.25) is 0 Å². The molecule has 2 aromatic rings. The van der Waals surface area contributed by atoms with Crippen LogP contribution in [0.3, 0.4) is 0 Å². The van der Waals surface area contributed by atoms with Gasteiger partial charge >= 0.3 is 6.09 Å². The number of carbonyl (C=O) groups excluding carboxylic acids is 1. The van der Waals surface area contributed by atoms with E-state index in [1.807, 2.05) is 9.58 Å². The first-order chi connectivity index (χ1) is 18.7. The number of likely N-dealkylation sites (tertiary alicyclic amines) is 1. The standard InChI is InChI=1S/C30H43N3O5/c1-35-20-24-19-33(28-12-6-7-18-37-28)31-29(24)26-11-8-17-32(30(34)36-2)27(26)21-38-25-15-13-23(14-16-25)22-9-4-3-5-10-22/h3-5,9-10,19,23,25-28H,6-8,11-18,20-21H2,1-2H3/t23?,25?,26-,27-,28?/m0/s1. The summed E-state index contributed by atoms with van der Waals surface area (Å²) in [6.07, 6.45) is 11.3. The van der Waals surface area contributed by atoms with E-state index >= 15 is 0 Å². The van der Waals surface area contributed by atoms with Crippen molar-refractivity contribution in [2.24, 2.45) is 0 Å². The summed E-state index contributed by atoms with van der Waals surface area (Å²) in [6.45, 7) is 2.40. The monoisotopic (exact) mass is 525 g/mol. The third-order valence-electron chi connectivity index (χ3n) is 8.58. The van der Waals surface area contributed by atoms with Crippen molar-refractivity contribution in [2.45, 2.75) is 94.6 Å². The van der Waals surface area contributed by atoms with Crippen LogP contribution < -0.4 is 0 Å². The second kappa shape index (κ2) is 13.1. The van der Waals surface area contributed by atoms with Crippen molar-refractivity contribution in [2.75, 3.05) is 34.0 Å². The Morgan fingerprint density at radius 2 is 1.84 bits per heavy atom. The maximum atomic E-state index is 12.8. The summed E-state index contributed by atoms with van der Waals surface area (Å²) < 4.78 is 25.3. The maximum absolute atomic E-state index is 12.8. The van der Waals surface area contributed by atoms with Crippen LogP contribution in [-0.4, -0.2) is 66.9 Å². The van der Waals surface area contributed by atoms with E-state index in [0.29, 0.717) is 25.7 Å². The highest BCUT2D eigenvalue weighted by molar-refractivity contribution is 5.68. The van der Waals surface area contributed by atoms with Crippen LogP contribution in [0.15, 0.2) is 36.5 Å². The first-order valence-electron chi connectivity index (χ1n) is 14.4. The van der Waals surface area contributed by atoms with Crippen LogP contribution >= 0.6 is 0 Å². The lowest BCUT2D eigenvalue weighted by Gasteiger charge is -2.41. The maximum Gasteiger partial charge on any atom is 0.409 e. The van der Waals surface area contributed by atoms with Gasteiger partial charge in [-0.25, -0.2) is 9.48 Å². The smallest absolute Gasteiger partial charge is 0.409 e. The van der Waals surface area contributed by atoms with Crippen LogP contribution in [0.5, 0.6) is 0 Å². The number of hydrogen-bond acceptors (Lipinski definition) is 6. The number of aromatic nitrogens is 2. The van der Waals surface area contributed by atoms with Gasteiger partial charge in [-0.1, -0.05) is 30.3 Å². The summed E-state index contributed by atoms with van der Waals surface area (Å²) in [4.78, 5) is 14.7. The molecule has 208 valence electrons. The minimum atomic E-state index is -0.292. The molecule has 1 aromatic heterocycles. The Labute approximate surface area is 226 Å². The average Bonchev–Trinajstić information content (AvgIpc) is 3.40. The van der Waals surface area contributed by atoms with Crippen LogP contribution in [0.4, 0.5) is 4.79 Å². The lowest BCUT2D eigenvalue weighted by atomic mass is 9.82. The molecular formula is C30H43N3O5. The lowest BCUT2D eigenvalue weighted by Crippen LogP contribution is -2.50. The predicted octanol–water partition coefficient (Wildman–Crippen LogP) is 5.79. The number of amides is 1. The van der Waals surface area contributed by atoms with E-state index in [2.05, 4.69) is 36.5 Å². The van der Waals surface area contributed by atoms with Crippen molar-refractivity contribution in [3.8, 4) is 0 Å². The Hall–Kier alpha value is -2.42. The van der Waals surface area contributed by atoms with Gasteiger partial charge in [0.1, 0.15) is 6.23 Å². The van der Waals surface area contributed by atoms with E-state index in [9.17, 15) is 4.79 Å². The van der Waals surface area contributed by atoms with Crippen LogP contribution in [0.1, 0.15) is 92.7 Å². The zero-order chi connectivity index (χ0) is 26.3. The van der Waals surface area contributed by atoms with E-state index in [0.717, 1.165) is 75.7 Å². The molecule has 3 fully saturated rings. The van der Waals surface area contributed by atoms with Crippen molar-refractivity contribution < 1.29 is 23.7 Å². The van der Waals surface area contributed by atoms with E-state index in [4.69, 9.17) is 24.0 Å². The van der Waals surface area contributed by atoms with Crippen molar-refractivity contribution in [1.29, 1.82) is 0 Å². The fourth-order valence-corrected chi connectivity index (χ4v) is 6.55. The van der Waals surface area contributed by atoms with Gasteiger partial charge in [-0.05, 0) is 69.3 Å². The molecule has 1 aromatic carbocycles. The lowest BCUT2D eigenvalue weighted by molar-refractivity contribution is -0.0406. The van der Waals surface area contributed by atoms with Gasteiger partial charge in [-0.2, -0.15) is 5.10 Å². The quantitative estimate of drug-likeness (QED) is 0.435. The second-order valence-corrected chi connectivity index (χ2v) is 11.0. The van der Waals surface area contributed by atoms with Crippen LogP contribution in [-0.2, 0) is 25.6 Å². The Bertz CT molecular complexity index is 1010. The van der Waals surface area contributed by atoms with Gasteiger partial charge in [0.25, 0.3) is 0 Å². The number of methoxy groups -OCH3 is 2. The molecule has 0 spiro atoms. The summed E-state index contributed by atoms with van der Waals surface area (Å²) in [5.41, 5.74) is 3.49. The third kappa shape index (κ3) is 6.24. The largest absolute Gasteiger partial charge is 0.453 e. The predicted molar refractivity (Wildman–Crippen MR) is 144 cm³/mol. The molecule has 5 rings (SSSR count). The molecule has 3 heterocycles. The normalized spacial score (nSPS) is 28.3. The molecule has 38 heavy (non-hydrogen) atoms. The Balaban J connectivity index is 1.31. The molecular weight excluding hydrogens is 482 g/mol. The Kier molecular flexibility index (Phi) is 9.35. The summed E-state index contributed by atoms with van der Waals surface area (Å²) >= 11 is 0. The van der Waals surface area contributed by atoms with Crippen LogP contribution in [0.25, 0.3) is 0 Å². The SMILES string of the molecule is COCc1cn(C2CCCCO2)nc1[C@H]1CCCN(C(=O)OC)[C@H]1COC1CCC(c2ccccc2)CC1. The number of hydrogen-bond donors (Lipinski definition) is 0. The number of benzene rings is 1. The zero-order valence-corrected chi connectivity index (χ0v) is 22.9. The summed E-state index contributed by atoms with van der Waals surface area (Å²) in [5.74, 6) is 0.658. The molecule has 2 saturated heterocycles. The second-order valence-electron chi connectivity index (χ2n) is 11.0. The zero-order valence-electron chi connectivity index (χ0n) is 22.9. The first kappa shape index (κ1) is 27.2. The van der Waals surface area contributed by atoms with Crippen molar-refractivity contribution in [1.82, 2.24) is 14.7 Å². The minimum absolute atomic E-state index is 0.0390. The van der Waals surface area contributed by atoms with Crippen molar-refractivity contribution in [3.63, 3.8) is 0 Å². The topological polar surface area (TPSA) is 75.1 Å². The van der Waals surface area contributed by atoms with Gasteiger partial charge in [0, 0.05) is 37.9 Å². The molecule has 0 N–H and O–H groups in total. The van der Waals surface area contributed by atoms with E-state index < -0.39 is 0 Å². The van der Waals surface area contributed by atoms with Crippen molar-refractivity contribution in [3.05, 3.63) is 53.3 Å². The summed E-state index contributed by atoms with van der Waals surface area (Å²) in [6, 6.07) is 10.7. The van der Waals surface area contributed by atoms with Gasteiger partial charge < -0.3 is 23.8 Å². The molecule has 3 aliphatic rings. The number of nitrogens with zero attached hydrogens (tertiary/aromatic N) is 3. The van der Waals surface area contributed by atoms with Gasteiger partial charge in [0.05, 0.1) is 38.2 Å². The summed E-state index contributed by atoms with van der Waals surface area (Å²) in [7, 11) is 3.17. The van der Waals surface area contributed by atoms with Gasteiger partial charge in [0.15, 0.2) is 0 Å². The van der Waals surface area contributed by atoms with E-state index in [-0.39, 0.29) is 30.4 Å². The van der Waals surface area contributed by atoms with Crippen LogP contribution in [0, 0.1) is 0 Å². The first-order valence-corrected chi connectivity index (χ1v) is 14.4.